The van der Waals surface area contributed by atoms with E-state index in [1.165, 1.54) is 30.5 Å². The van der Waals surface area contributed by atoms with Crippen molar-refractivity contribution >= 4 is 22.8 Å². The number of hydrogen-bond donors (Lipinski definition) is 2. The Balaban J connectivity index is 1.68. The number of carboxylic acid groups (broad SMARTS) is 1. The minimum absolute atomic E-state index is 0.0240. The standard InChI is InChI=1S/C22H20F2N2O4/c23-17-2-1-3-19-20(17)16(21(27)25-15-6-8-30-9-7-15)12-26(19)11-14-5-4-13(22(28)29)10-18(14)24/h1-5,10,12,15H,6-9,11H2,(H,25,27)(H,28,29). The molecule has 1 saturated heterocycles. The molecule has 2 heterocycles. The number of amides is 1. The summed E-state index contributed by atoms with van der Waals surface area (Å²) < 4.78 is 35.9. The first-order chi connectivity index (χ1) is 14.4. The Morgan fingerprint density at radius 2 is 1.90 bits per heavy atom. The summed E-state index contributed by atoms with van der Waals surface area (Å²) in [7, 11) is 0. The largest absolute Gasteiger partial charge is 0.478 e. The summed E-state index contributed by atoms with van der Waals surface area (Å²) >= 11 is 0. The average Bonchev–Trinajstić information content (AvgIpc) is 3.10. The lowest BCUT2D eigenvalue weighted by Crippen LogP contribution is -2.38. The quantitative estimate of drug-likeness (QED) is 0.669. The fourth-order valence-corrected chi connectivity index (χ4v) is 3.71. The maximum absolute atomic E-state index is 14.6. The van der Waals surface area contributed by atoms with Crippen molar-refractivity contribution in [2.45, 2.75) is 25.4 Å². The SMILES string of the molecule is O=C(O)c1ccc(Cn2cc(C(=O)NC3CCOCC3)c3c(F)cccc32)c(F)c1. The molecule has 6 nitrogen and oxygen atoms in total. The molecule has 8 heteroatoms. The van der Waals surface area contributed by atoms with Gasteiger partial charge in [0.1, 0.15) is 11.6 Å². The number of nitrogens with zero attached hydrogens (tertiary/aromatic N) is 1. The molecule has 0 spiro atoms. The van der Waals surface area contributed by atoms with E-state index in [0.717, 1.165) is 6.07 Å². The Kier molecular flexibility index (Phi) is 5.50. The zero-order valence-corrected chi connectivity index (χ0v) is 16.0. The molecule has 1 aliphatic heterocycles. The van der Waals surface area contributed by atoms with Crippen LogP contribution in [0.4, 0.5) is 8.78 Å². The van der Waals surface area contributed by atoms with E-state index in [1.54, 1.807) is 10.6 Å². The fraction of sp³-hybridized carbons (Fsp3) is 0.273. The van der Waals surface area contributed by atoms with Crippen LogP contribution in [0.3, 0.4) is 0 Å². The maximum atomic E-state index is 14.6. The van der Waals surface area contributed by atoms with Gasteiger partial charge in [-0.2, -0.15) is 0 Å². The van der Waals surface area contributed by atoms with Crippen molar-refractivity contribution in [1.82, 2.24) is 9.88 Å². The highest BCUT2D eigenvalue weighted by molar-refractivity contribution is 6.07. The van der Waals surface area contributed by atoms with Crippen LogP contribution in [0, 0.1) is 11.6 Å². The summed E-state index contributed by atoms with van der Waals surface area (Å²) in [5.41, 5.74) is 0.708. The van der Waals surface area contributed by atoms with Gasteiger partial charge in [-0.1, -0.05) is 12.1 Å². The monoisotopic (exact) mass is 414 g/mol. The zero-order chi connectivity index (χ0) is 21.3. The van der Waals surface area contributed by atoms with Gasteiger partial charge >= 0.3 is 5.97 Å². The van der Waals surface area contributed by atoms with Gasteiger partial charge in [-0.05, 0) is 37.1 Å². The number of aromatic nitrogens is 1. The highest BCUT2D eigenvalue weighted by Gasteiger charge is 2.22. The number of rotatable bonds is 5. The number of carboxylic acids is 1. The third-order valence-electron chi connectivity index (χ3n) is 5.30. The van der Waals surface area contributed by atoms with Crippen LogP contribution in [0.15, 0.2) is 42.6 Å². The summed E-state index contributed by atoms with van der Waals surface area (Å²) in [6, 6.07) is 8.06. The minimum atomic E-state index is -1.22. The third-order valence-corrected chi connectivity index (χ3v) is 5.30. The molecule has 0 aliphatic carbocycles. The van der Waals surface area contributed by atoms with Crippen LogP contribution in [0.2, 0.25) is 0 Å². The summed E-state index contributed by atoms with van der Waals surface area (Å²) in [5, 5.41) is 12.1. The van der Waals surface area contributed by atoms with E-state index in [9.17, 15) is 18.4 Å². The van der Waals surface area contributed by atoms with Crippen LogP contribution in [0.25, 0.3) is 10.9 Å². The lowest BCUT2D eigenvalue weighted by molar-refractivity contribution is 0.0688. The predicted molar refractivity (Wildman–Crippen MR) is 106 cm³/mol. The normalized spacial score (nSPS) is 14.7. The van der Waals surface area contributed by atoms with E-state index in [-0.39, 0.29) is 34.7 Å². The van der Waals surface area contributed by atoms with Gasteiger partial charge in [0.15, 0.2) is 0 Å². The summed E-state index contributed by atoms with van der Waals surface area (Å²) in [5.74, 6) is -2.83. The molecule has 1 amide bonds. The van der Waals surface area contributed by atoms with Gasteiger partial charge in [-0.25, -0.2) is 13.6 Å². The molecule has 3 aromatic rings. The molecule has 0 radical (unpaired) electrons. The topological polar surface area (TPSA) is 80.6 Å². The first-order valence-electron chi connectivity index (χ1n) is 9.61. The van der Waals surface area contributed by atoms with Gasteiger partial charge in [0, 0.05) is 36.4 Å². The molecular formula is C22H20F2N2O4. The number of halogens is 2. The second-order valence-corrected chi connectivity index (χ2v) is 7.28. The van der Waals surface area contributed by atoms with E-state index in [0.29, 0.717) is 31.6 Å². The first-order valence-corrected chi connectivity index (χ1v) is 9.61. The molecule has 0 saturated carbocycles. The van der Waals surface area contributed by atoms with Crippen molar-refractivity contribution in [2.24, 2.45) is 0 Å². The van der Waals surface area contributed by atoms with E-state index in [4.69, 9.17) is 9.84 Å². The number of carbonyl (C=O) groups is 2. The van der Waals surface area contributed by atoms with Crippen LogP contribution in [0.5, 0.6) is 0 Å². The fourth-order valence-electron chi connectivity index (χ4n) is 3.71. The van der Waals surface area contributed by atoms with Crippen molar-refractivity contribution in [3.8, 4) is 0 Å². The predicted octanol–water partition coefficient (Wildman–Crippen LogP) is 3.57. The van der Waals surface area contributed by atoms with Crippen molar-refractivity contribution < 1.29 is 28.2 Å². The number of fused-ring (bicyclic) bond motifs is 1. The van der Waals surface area contributed by atoms with Crippen LogP contribution < -0.4 is 5.32 Å². The molecule has 30 heavy (non-hydrogen) atoms. The maximum Gasteiger partial charge on any atom is 0.335 e. The Morgan fingerprint density at radius 3 is 2.60 bits per heavy atom. The van der Waals surface area contributed by atoms with E-state index >= 15 is 0 Å². The third kappa shape index (κ3) is 3.91. The Morgan fingerprint density at radius 1 is 1.13 bits per heavy atom. The molecule has 2 aromatic carbocycles. The van der Waals surface area contributed by atoms with E-state index in [2.05, 4.69) is 5.32 Å². The van der Waals surface area contributed by atoms with Crippen LogP contribution >= 0.6 is 0 Å². The molecule has 4 rings (SSSR count). The average molecular weight is 414 g/mol. The Hall–Kier alpha value is -3.26. The number of carbonyl (C=O) groups excluding carboxylic acids is 1. The molecule has 0 unspecified atom stereocenters. The van der Waals surface area contributed by atoms with Gasteiger partial charge in [0.25, 0.3) is 5.91 Å². The smallest absolute Gasteiger partial charge is 0.335 e. The number of benzene rings is 2. The van der Waals surface area contributed by atoms with Crippen LogP contribution in [-0.4, -0.2) is 40.8 Å². The molecule has 1 aliphatic rings. The van der Waals surface area contributed by atoms with Crippen LogP contribution in [0.1, 0.15) is 39.1 Å². The molecule has 2 N–H and O–H groups in total. The van der Waals surface area contributed by atoms with Gasteiger partial charge in [0.05, 0.1) is 23.2 Å². The second kappa shape index (κ2) is 8.23. The van der Waals surface area contributed by atoms with E-state index < -0.39 is 23.5 Å². The molecule has 1 aromatic heterocycles. The minimum Gasteiger partial charge on any atom is -0.478 e. The number of nitrogens with one attached hydrogen (secondary N) is 1. The highest BCUT2D eigenvalue weighted by Crippen LogP contribution is 2.26. The highest BCUT2D eigenvalue weighted by atomic mass is 19.1. The number of hydrogen-bond acceptors (Lipinski definition) is 3. The Labute approximate surface area is 171 Å². The van der Waals surface area contributed by atoms with Crippen molar-refractivity contribution in [3.05, 3.63) is 70.9 Å². The van der Waals surface area contributed by atoms with Crippen molar-refractivity contribution in [3.63, 3.8) is 0 Å². The summed E-state index contributed by atoms with van der Waals surface area (Å²) in [4.78, 5) is 23.9. The van der Waals surface area contributed by atoms with Gasteiger partial charge in [0.2, 0.25) is 0 Å². The van der Waals surface area contributed by atoms with Gasteiger partial charge < -0.3 is 19.7 Å². The zero-order valence-electron chi connectivity index (χ0n) is 16.0. The lowest BCUT2D eigenvalue weighted by Gasteiger charge is -2.22. The molecule has 0 atom stereocenters. The number of aromatic carboxylic acids is 1. The summed E-state index contributed by atoms with van der Waals surface area (Å²) in [6.07, 6.45) is 2.88. The molecule has 0 bridgehead atoms. The Bertz CT molecular complexity index is 1120. The first kappa shape index (κ1) is 20.0. The lowest BCUT2D eigenvalue weighted by atomic mass is 10.1. The summed E-state index contributed by atoms with van der Waals surface area (Å²) in [6.45, 7) is 1.15. The van der Waals surface area contributed by atoms with Crippen LogP contribution in [-0.2, 0) is 11.3 Å². The van der Waals surface area contributed by atoms with Crippen molar-refractivity contribution in [2.75, 3.05) is 13.2 Å². The molecular weight excluding hydrogens is 394 g/mol. The van der Waals surface area contributed by atoms with Crippen molar-refractivity contribution in [1.29, 1.82) is 0 Å². The molecule has 156 valence electrons. The second-order valence-electron chi connectivity index (χ2n) is 7.28. The number of ether oxygens (including phenoxy) is 1. The van der Waals surface area contributed by atoms with Gasteiger partial charge in [-0.3, -0.25) is 4.79 Å². The molecule has 1 fully saturated rings. The van der Waals surface area contributed by atoms with Gasteiger partial charge in [-0.15, -0.1) is 0 Å². The van der Waals surface area contributed by atoms with E-state index in [1.807, 2.05) is 0 Å².